The van der Waals surface area contributed by atoms with E-state index in [0.717, 1.165) is 12.1 Å². The number of hydrogen-bond donors (Lipinski definition) is 3. The Kier molecular flexibility index (Phi) is 6.27. The number of alkyl halides is 2. The van der Waals surface area contributed by atoms with Gasteiger partial charge in [-0.2, -0.15) is 0 Å². The quantitative estimate of drug-likeness (QED) is 0.785. The van der Waals surface area contributed by atoms with Crippen LogP contribution >= 0.6 is 12.4 Å². The Hall–Kier alpha value is -1.02. The van der Waals surface area contributed by atoms with Gasteiger partial charge in [-0.05, 0) is 17.7 Å². The molecule has 21 heavy (non-hydrogen) atoms. The summed E-state index contributed by atoms with van der Waals surface area (Å²) in [6.45, 7) is 0.548. The highest BCUT2D eigenvalue weighted by Crippen LogP contribution is 2.37. The molecule has 120 valence electrons. The summed E-state index contributed by atoms with van der Waals surface area (Å²) in [4.78, 5) is 1.51. The molecular weight excluding hydrogens is 309 g/mol. The number of nitrogens with one attached hydrogen (secondary N) is 1. The van der Waals surface area contributed by atoms with Crippen LogP contribution in [-0.4, -0.2) is 53.8 Å². The Bertz CT molecular complexity index is 471. The van der Waals surface area contributed by atoms with Gasteiger partial charge in [0.15, 0.2) is 11.6 Å². The highest BCUT2D eigenvalue weighted by molar-refractivity contribution is 5.85. The third-order valence-electron chi connectivity index (χ3n) is 3.42. The van der Waals surface area contributed by atoms with E-state index >= 15 is 0 Å². The minimum Gasteiger partial charge on any atom is -0.505 e. The molecule has 0 bridgehead atoms. The Balaban J connectivity index is 0.00000220. The van der Waals surface area contributed by atoms with Crippen molar-refractivity contribution in [2.75, 3.05) is 32.8 Å². The van der Waals surface area contributed by atoms with E-state index in [9.17, 15) is 13.2 Å². The van der Waals surface area contributed by atoms with E-state index in [4.69, 9.17) is 10.2 Å². The van der Waals surface area contributed by atoms with Gasteiger partial charge in [-0.3, -0.25) is 4.90 Å². The fourth-order valence-corrected chi connectivity index (χ4v) is 2.44. The van der Waals surface area contributed by atoms with Gasteiger partial charge in [-0.25, -0.2) is 13.2 Å². The smallest absolute Gasteiger partial charge is 0.289 e. The van der Waals surface area contributed by atoms with Gasteiger partial charge in [0, 0.05) is 26.2 Å². The van der Waals surface area contributed by atoms with E-state index in [1.807, 2.05) is 0 Å². The van der Waals surface area contributed by atoms with Crippen LogP contribution in [0.5, 0.6) is 5.75 Å². The SMILES string of the molecule is Cl.OCC(F)(F)[C@@H](c1ccc(O)c(F)c1)N1CCNCC1. The molecule has 1 saturated heterocycles. The molecule has 0 aliphatic carbocycles. The van der Waals surface area contributed by atoms with Crippen LogP contribution in [0.25, 0.3) is 0 Å². The summed E-state index contributed by atoms with van der Waals surface area (Å²) >= 11 is 0. The number of aromatic hydroxyl groups is 1. The number of aliphatic hydroxyl groups is 1. The lowest BCUT2D eigenvalue weighted by Crippen LogP contribution is -2.51. The molecule has 1 heterocycles. The topological polar surface area (TPSA) is 55.7 Å². The van der Waals surface area contributed by atoms with Crippen molar-refractivity contribution in [3.63, 3.8) is 0 Å². The largest absolute Gasteiger partial charge is 0.505 e. The molecule has 4 nitrogen and oxygen atoms in total. The van der Waals surface area contributed by atoms with Crippen molar-refractivity contribution in [2.24, 2.45) is 0 Å². The first kappa shape index (κ1) is 18.0. The maximum atomic E-state index is 14.0. The van der Waals surface area contributed by atoms with Crippen LogP contribution in [0, 0.1) is 5.82 Å². The zero-order chi connectivity index (χ0) is 14.8. The van der Waals surface area contributed by atoms with Crippen LogP contribution in [0.2, 0.25) is 0 Å². The zero-order valence-corrected chi connectivity index (χ0v) is 12.0. The summed E-state index contributed by atoms with van der Waals surface area (Å²) < 4.78 is 41.5. The summed E-state index contributed by atoms with van der Waals surface area (Å²) in [7, 11) is 0. The number of nitrogens with zero attached hydrogens (tertiary/aromatic N) is 1. The molecule has 1 fully saturated rings. The van der Waals surface area contributed by atoms with Crippen LogP contribution in [0.4, 0.5) is 13.2 Å². The molecule has 1 aliphatic heterocycles. The molecular formula is C13H18ClF3N2O2. The summed E-state index contributed by atoms with van der Waals surface area (Å²) in [5, 5.41) is 21.2. The van der Waals surface area contributed by atoms with E-state index in [-0.39, 0.29) is 18.0 Å². The van der Waals surface area contributed by atoms with Gasteiger partial charge in [-0.1, -0.05) is 6.07 Å². The Labute approximate surface area is 127 Å². The maximum Gasteiger partial charge on any atom is 0.289 e. The monoisotopic (exact) mass is 326 g/mol. The number of benzene rings is 1. The molecule has 0 amide bonds. The number of aliphatic hydroxyl groups excluding tert-OH is 1. The minimum atomic E-state index is -3.39. The number of phenols is 1. The summed E-state index contributed by atoms with van der Waals surface area (Å²) in [6, 6.07) is 1.79. The predicted octanol–water partition coefficient (Wildman–Crippen LogP) is 1.53. The van der Waals surface area contributed by atoms with Crippen molar-refractivity contribution in [3.05, 3.63) is 29.6 Å². The van der Waals surface area contributed by atoms with Crippen molar-refractivity contribution in [3.8, 4) is 5.75 Å². The Morgan fingerprint density at radius 1 is 1.29 bits per heavy atom. The molecule has 1 aliphatic rings. The maximum absolute atomic E-state index is 14.0. The van der Waals surface area contributed by atoms with Crippen LogP contribution < -0.4 is 5.32 Å². The van der Waals surface area contributed by atoms with Gasteiger partial charge in [0.1, 0.15) is 12.6 Å². The van der Waals surface area contributed by atoms with Crippen LogP contribution in [-0.2, 0) is 0 Å². The molecule has 0 radical (unpaired) electrons. The minimum absolute atomic E-state index is 0. The van der Waals surface area contributed by atoms with E-state index < -0.39 is 30.1 Å². The number of rotatable bonds is 4. The fraction of sp³-hybridized carbons (Fsp3) is 0.538. The molecule has 2 rings (SSSR count). The second-order valence-electron chi connectivity index (χ2n) is 4.82. The van der Waals surface area contributed by atoms with Gasteiger partial charge in [0.2, 0.25) is 0 Å². The molecule has 1 atom stereocenters. The standard InChI is InChI=1S/C13H17F3N2O2.ClH/c14-10-7-9(1-2-11(10)20)12(13(15,16)8-19)18-5-3-17-4-6-18;/h1-2,7,12,17,19-20H,3-6,8H2;1H/t12-;/m1./s1. The first-order valence-corrected chi connectivity index (χ1v) is 6.37. The van der Waals surface area contributed by atoms with Crippen LogP contribution in [0.15, 0.2) is 18.2 Å². The highest BCUT2D eigenvalue weighted by Gasteiger charge is 2.44. The van der Waals surface area contributed by atoms with Crippen molar-refractivity contribution in [1.29, 1.82) is 0 Å². The normalized spacial score (nSPS) is 18.1. The third kappa shape index (κ3) is 4.00. The Morgan fingerprint density at radius 2 is 1.90 bits per heavy atom. The molecule has 0 unspecified atom stereocenters. The van der Waals surface area contributed by atoms with Crippen LogP contribution in [0.3, 0.4) is 0 Å². The predicted molar refractivity (Wildman–Crippen MR) is 74.5 cm³/mol. The van der Waals surface area contributed by atoms with E-state index in [0.29, 0.717) is 26.2 Å². The second-order valence-corrected chi connectivity index (χ2v) is 4.82. The lowest BCUT2D eigenvalue weighted by atomic mass is 9.98. The van der Waals surface area contributed by atoms with E-state index in [1.165, 1.54) is 11.0 Å². The van der Waals surface area contributed by atoms with Gasteiger partial charge >= 0.3 is 0 Å². The van der Waals surface area contributed by atoms with Crippen molar-refractivity contribution in [2.45, 2.75) is 12.0 Å². The molecule has 3 N–H and O–H groups in total. The Morgan fingerprint density at radius 3 is 2.43 bits per heavy atom. The summed E-state index contributed by atoms with van der Waals surface area (Å²) in [5.74, 6) is -4.92. The second kappa shape index (κ2) is 7.31. The van der Waals surface area contributed by atoms with Gasteiger partial charge in [-0.15, -0.1) is 12.4 Å². The lowest BCUT2D eigenvalue weighted by Gasteiger charge is -2.38. The van der Waals surface area contributed by atoms with Crippen molar-refractivity contribution >= 4 is 12.4 Å². The number of piperazine rings is 1. The molecule has 0 spiro atoms. The number of halogens is 4. The molecule has 0 saturated carbocycles. The van der Waals surface area contributed by atoms with Gasteiger partial charge in [0.05, 0.1) is 0 Å². The first-order chi connectivity index (χ1) is 9.45. The summed E-state index contributed by atoms with van der Waals surface area (Å²) in [6.07, 6.45) is 0. The average molecular weight is 327 g/mol. The van der Waals surface area contributed by atoms with Crippen LogP contribution in [0.1, 0.15) is 11.6 Å². The first-order valence-electron chi connectivity index (χ1n) is 6.37. The number of hydrogen-bond acceptors (Lipinski definition) is 4. The lowest BCUT2D eigenvalue weighted by molar-refractivity contribution is -0.118. The van der Waals surface area contributed by atoms with Gasteiger partial charge in [0.25, 0.3) is 5.92 Å². The highest BCUT2D eigenvalue weighted by atomic mass is 35.5. The van der Waals surface area contributed by atoms with E-state index in [1.54, 1.807) is 0 Å². The molecule has 1 aromatic rings. The van der Waals surface area contributed by atoms with Crippen molar-refractivity contribution in [1.82, 2.24) is 10.2 Å². The fourth-order valence-electron chi connectivity index (χ4n) is 2.44. The summed E-state index contributed by atoms with van der Waals surface area (Å²) in [5.41, 5.74) is 0.0428. The van der Waals surface area contributed by atoms with Crippen molar-refractivity contribution < 1.29 is 23.4 Å². The molecule has 8 heteroatoms. The number of phenolic OH excluding ortho intramolecular Hbond substituents is 1. The average Bonchev–Trinajstić information content (AvgIpc) is 2.44. The van der Waals surface area contributed by atoms with E-state index in [2.05, 4.69) is 5.32 Å². The molecule has 1 aromatic carbocycles. The third-order valence-corrected chi connectivity index (χ3v) is 3.42. The zero-order valence-electron chi connectivity index (χ0n) is 11.2. The molecule has 0 aromatic heterocycles. The van der Waals surface area contributed by atoms with Gasteiger partial charge < -0.3 is 15.5 Å².